The van der Waals surface area contributed by atoms with E-state index >= 15 is 0 Å². The number of rotatable bonds is 22. The molecular weight excluding hydrogens is 560 g/mol. The van der Waals surface area contributed by atoms with Gasteiger partial charge in [-0.1, -0.05) is 0 Å². The predicted molar refractivity (Wildman–Crippen MR) is 160 cm³/mol. The van der Waals surface area contributed by atoms with E-state index in [0.717, 1.165) is 0 Å². The van der Waals surface area contributed by atoms with Gasteiger partial charge in [0, 0.05) is 60.9 Å². The highest BCUT2D eigenvalue weighted by Crippen LogP contribution is 2.21. The first kappa shape index (κ1) is 35.0. The number of nitrogens with one attached hydrogen (secondary N) is 2. The first-order chi connectivity index (χ1) is 20.7. The molecule has 0 radical (unpaired) electrons. The van der Waals surface area contributed by atoms with Crippen molar-refractivity contribution in [3.05, 3.63) is 47.5 Å². The molecule has 0 bridgehead atoms. The van der Waals surface area contributed by atoms with Crippen LogP contribution in [0.2, 0.25) is 0 Å². The molecule has 2 aromatic rings. The summed E-state index contributed by atoms with van der Waals surface area (Å²) in [6.45, 7) is 6.09. The van der Waals surface area contributed by atoms with Gasteiger partial charge in [-0.3, -0.25) is 19.2 Å². The Bertz CT molecular complexity index is 1110. The quantitative estimate of drug-likeness (QED) is 0.0873. The van der Waals surface area contributed by atoms with E-state index in [2.05, 4.69) is 10.6 Å². The smallest absolute Gasteiger partial charge is 0.257 e. The van der Waals surface area contributed by atoms with Crippen LogP contribution in [0.3, 0.4) is 0 Å². The van der Waals surface area contributed by atoms with E-state index < -0.39 is 0 Å². The van der Waals surface area contributed by atoms with Crippen LogP contribution in [0.5, 0.6) is 11.5 Å². The van der Waals surface area contributed by atoms with Crippen molar-refractivity contribution in [2.24, 2.45) is 0 Å². The van der Waals surface area contributed by atoms with Gasteiger partial charge < -0.3 is 45.8 Å². The average Bonchev–Trinajstić information content (AvgIpc) is 2.96. The SMILES string of the molecule is CC(=O)c1ccc(OCC(=O)NCCCOCCOCCOCCCNC(=O)COc2ccc(C(C)=O)c(N)c2)cc1N. The van der Waals surface area contributed by atoms with Crippen molar-refractivity contribution in [2.75, 3.05) is 77.4 Å². The Morgan fingerprint density at radius 1 is 0.605 bits per heavy atom. The lowest BCUT2D eigenvalue weighted by Crippen LogP contribution is -2.30. The van der Waals surface area contributed by atoms with Gasteiger partial charge >= 0.3 is 0 Å². The summed E-state index contributed by atoms with van der Waals surface area (Å²) in [4.78, 5) is 46.6. The summed E-state index contributed by atoms with van der Waals surface area (Å²) in [5.74, 6) is 0.0241. The van der Waals surface area contributed by atoms with Crippen LogP contribution in [-0.4, -0.2) is 89.3 Å². The van der Waals surface area contributed by atoms with Crippen LogP contribution in [0.4, 0.5) is 11.4 Å². The van der Waals surface area contributed by atoms with E-state index in [0.29, 0.717) is 99.6 Å². The van der Waals surface area contributed by atoms with Gasteiger partial charge in [-0.15, -0.1) is 0 Å². The van der Waals surface area contributed by atoms with Gasteiger partial charge in [0.25, 0.3) is 11.8 Å². The number of nitrogen functional groups attached to an aromatic ring is 2. The summed E-state index contributed by atoms with van der Waals surface area (Å²) in [6, 6.07) is 9.38. The molecule has 13 heteroatoms. The predicted octanol–water partition coefficient (Wildman–Crippen LogP) is 1.78. The van der Waals surface area contributed by atoms with E-state index in [9.17, 15) is 19.2 Å². The number of Topliss-reactive ketones (excluding diaryl/α,β-unsaturated/α-hetero) is 2. The van der Waals surface area contributed by atoms with Crippen LogP contribution >= 0.6 is 0 Å². The van der Waals surface area contributed by atoms with E-state index in [1.165, 1.54) is 26.0 Å². The third-order valence-electron chi connectivity index (χ3n) is 5.86. The Hall–Kier alpha value is -4.20. The van der Waals surface area contributed by atoms with Crippen molar-refractivity contribution in [1.82, 2.24) is 10.6 Å². The van der Waals surface area contributed by atoms with Crippen LogP contribution in [0.1, 0.15) is 47.4 Å². The number of hydrogen-bond donors (Lipinski definition) is 4. The fourth-order valence-electron chi connectivity index (χ4n) is 3.65. The monoisotopic (exact) mass is 602 g/mol. The largest absolute Gasteiger partial charge is 0.484 e. The van der Waals surface area contributed by atoms with Gasteiger partial charge in [-0.2, -0.15) is 0 Å². The molecule has 0 aromatic heterocycles. The number of nitrogens with two attached hydrogens (primary N) is 2. The maximum Gasteiger partial charge on any atom is 0.257 e. The first-order valence-electron chi connectivity index (χ1n) is 14.0. The molecule has 13 nitrogen and oxygen atoms in total. The number of ether oxygens (including phenoxy) is 5. The highest BCUT2D eigenvalue weighted by Gasteiger charge is 2.09. The second-order valence-electron chi connectivity index (χ2n) is 9.43. The molecule has 0 atom stereocenters. The summed E-state index contributed by atoms with van der Waals surface area (Å²) in [6.07, 6.45) is 1.28. The lowest BCUT2D eigenvalue weighted by atomic mass is 10.1. The van der Waals surface area contributed by atoms with Crippen molar-refractivity contribution < 1.29 is 42.9 Å². The third-order valence-corrected chi connectivity index (χ3v) is 5.86. The third kappa shape index (κ3) is 14.5. The van der Waals surface area contributed by atoms with Crippen LogP contribution in [0, 0.1) is 0 Å². The van der Waals surface area contributed by atoms with Gasteiger partial charge in [0.2, 0.25) is 0 Å². The van der Waals surface area contributed by atoms with Crippen LogP contribution in [0.25, 0.3) is 0 Å². The molecule has 2 amide bonds. The standard InChI is InChI=1S/C30H42N4O9/c1-21(35)25-7-5-23(17-27(25)31)42-19-29(37)33-9-3-11-39-13-15-41-16-14-40-12-4-10-34-30(38)20-43-24-6-8-26(22(2)36)28(32)18-24/h5-8,17-18H,3-4,9-16,19-20,31-32H2,1-2H3,(H,33,37)(H,34,38). The topological polar surface area (TPSA) is 191 Å². The Kier molecular flexibility index (Phi) is 16.1. The number of hydrogen-bond acceptors (Lipinski definition) is 11. The number of amides is 2. The van der Waals surface area contributed by atoms with E-state index in [1.54, 1.807) is 24.3 Å². The van der Waals surface area contributed by atoms with Gasteiger partial charge in [-0.25, -0.2) is 0 Å². The summed E-state index contributed by atoms with van der Waals surface area (Å²) in [5.41, 5.74) is 13.1. The molecule has 2 rings (SSSR count). The van der Waals surface area contributed by atoms with Crippen molar-refractivity contribution in [3.8, 4) is 11.5 Å². The van der Waals surface area contributed by atoms with Crippen molar-refractivity contribution >= 4 is 34.8 Å². The Morgan fingerprint density at radius 3 is 1.33 bits per heavy atom. The zero-order valence-corrected chi connectivity index (χ0v) is 24.8. The molecule has 0 aliphatic rings. The van der Waals surface area contributed by atoms with Gasteiger partial charge in [0.1, 0.15) is 11.5 Å². The highest BCUT2D eigenvalue weighted by molar-refractivity contribution is 5.99. The summed E-state index contributed by atoms with van der Waals surface area (Å²) in [5, 5.41) is 5.48. The van der Waals surface area contributed by atoms with Crippen LogP contribution in [-0.2, 0) is 23.8 Å². The highest BCUT2D eigenvalue weighted by atomic mass is 16.5. The zero-order chi connectivity index (χ0) is 31.5. The minimum Gasteiger partial charge on any atom is -0.484 e. The van der Waals surface area contributed by atoms with E-state index in [4.69, 9.17) is 35.2 Å². The molecule has 0 aliphatic carbocycles. The number of benzene rings is 2. The van der Waals surface area contributed by atoms with Gasteiger partial charge in [-0.05, 0) is 51.0 Å². The second-order valence-corrected chi connectivity index (χ2v) is 9.43. The summed E-state index contributed by atoms with van der Waals surface area (Å²) < 4.78 is 27.2. The molecule has 0 fully saturated rings. The van der Waals surface area contributed by atoms with Gasteiger partial charge in [0.05, 0.1) is 26.4 Å². The molecule has 6 N–H and O–H groups in total. The van der Waals surface area contributed by atoms with Crippen molar-refractivity contribution in [2.45, 2.75) is 26.7 Å². The average molecular weight is 603 g/mol. The molecule has 43 heavy (non-hydrogen) atoms. The Morgan fingerprint density at radius 2 is 0.977 bits per heavy atom. The summed E-state index contributed by atoms with van der Waals surface area (Å²) >= 11 is 0. The maximum atomic E-state index is 11.9. The molecule has 0 aliphatic heterocycles. The van der Waals surface area contributed by atoms with E-state index in [1.807, 2.05) is 0 Å². The maximum absolute atomic E-state index is 11.9. The van der Waals surface area contributed by atoms with Crippen LogP contribution in [0.15, 0.2) is 36.4 Å². The number of carbonyl (C=O) groups excluding carboxylic acids is 4. The Balaban J connectivity index is 1.35. The molecule has 236 valence electrons. The number of carbonyl (C=O) groups is 4. The Labute approximate surface area is 251 Å². The van der Waals surface area contributed by atoms with Crippen LogP contribution < -0.4 is 31.6 Å². The fraction of sp³-hybridized carbons (Fsp3) is 0.467. The molecule has 0 spiro atoms. The normalized spacial score (nSPS) is 10.7. The molecular formula is C30H42N4O9. The molecule has 0 heterocycles. The van der Waals surface area contributed by atoms with Gasteiger partial charge in [0.15, 0.2) is 24.8 Å². The zero-order valence-electron chi connectivity index (χ0n) is 24.8. The first-order valence-corrected chi connectivity index (χ1v) is 14.0. The fourth-order valence-corrected chi connectivity index (χ4v) is 3.65. The molecule has 2 aromatic carbocycles. The summed E-state index contributed by atoms with van der Waals surface area (Å²) in [7, 11) is 0. The number of anilines is 2. The number of ketones is 2. The van der Waals surface area contributed by atoms with Crippen molar-refractivity contribution in [1.29, 1.82) is 0 Å². The second kappa shape index (κ2) is 19.8. The van der Waals surface area contributed by atoms with Crippen molar-refractivity contribution in [3.63, 3.8) is 0 Å². The minimum atomic E-state index is -0.270. The minimum absolute atomic E-state index is 0.135. The van der Waals surface area contributed by atoms with E-state index in [-0.39, 0.29) is 36.6 Å². The molecule has 0 unspecified atom stereocenters. The molecule has 0 saturated carbocycles. The lowest BCUT2D eigenvalue weighted by molar-refractivity contribution is -0.123. The molecule has 0 saturated heterocycles. The lowest BCUT2D eigenvalue weighted by Gasteiger charge is -2.10.